The molecule has 0 bridgehead atoms. The number of hydrogen-bond donors (Lipinski definition) is 2. The van der Waals surface area contributed by atoms with Crippen LogP contribution < -0.4 is 15.8 Å². The number of carbonyl (C=O) groups excluding carboxylic acids is 1. The summed E-state index contributed by atoms with van der Waals surface area (Å²) in [6.45, 7) is 8.53. The van der Waals surface area contributed by atoms with Crippen molar-refractivity contribution in [1.82, 2.24) is 4.98 Å². The molecule has 0 spiro atoms. The zero-order valence-electron chi connectivity index (χ0n) is 16.3. The molecule has 1 aliphatic carbocycles. The van der Waals surface area contributed by atoms with Gasteiger partial charge in [0.05, 0.1) is 10.2 Å². The second-order valence-electron chi connectivity index (χ2n) is 7.80. The summed E-state index contributed by atoms with van der Waals surface area (Å²) in [4.78, 5) is 15.9. The molecule has 0 aliphatic heterocycles. The molecule has 1 heterocycles. The number of anilines is 1. The van der Waals surface area contributed by atoms with Crippen molar-refractivity contribution in [2.45, 2.75) is 65.0 Å². The topological polar surface area (TPSA) is 110 Å². The van der Waals surface area contributed by atoms with Gasteiger partial charge in [0.15, 0.2) is 0 Å². The van der Waals surface area contributed by atoms with Crippen molar-refractivity contribution in [3.8, 4) is 11.9 Å². The highest BCUT2D eigenvalue weighted by Gasteiger charge is 2.47. The quantitative estimate of drug-likeness (QED) is 0.604. The molecule has 2 rings (SSSR count). The van der Waals surface area contributed by atoms with Crippen molar-refractivity contribution in [2.24, 2.45) is 11.1 Å². The Morgan fingerprint density at radius 1 is 1.48 bits per heavy atom. The van der Waals surface area contributed by atoms with Crippen LogP contribution in [-0.2, 0) is 4.74 Å². The zero-order chi connectivity index (χ0) is 20.2. The summed E-state index contributed by atoms with van der Waals surface area (Å²) in [5, 5.41) is 12.7. The number of aromatic nitrogens is 1. The summed E-state index contributed by atoms with van der Waals surface area (Å²) in [7, 11) is 0. The van der Waals surface area contributed by atoms with E-state index in [4.69, 9.17) is 15.2 Å². The molecule has 8 heteroatoms. The lowest BCUT2D eigenvalue weighted by Crippen LogP contribution is -2.51. The third kappa shape index (κ3) is 4.94. The fourth-order valence-electron chi connectivity index (χ4n) is 3.52. The van der Waals surface area contributed by atoms with Gasteiger partial charge >= 0.3 is 6.09 Å². The van der Waals surface area contributed by atoms with Gasteiger partial charge in [-0.15, -0.1) is 0 Å². The Morgan fingerprint density at radius 2 is 2.11 bits per heavy atom. The van der Waals surface area contributed by atoms with E-state index in [1.807, 2.05) is 6.92 Å². The molecule has 0 radical (unpaired) electrons. The smallest absolute Gasteiger partial charge is 0.405 e. The largest absolute Gasteiger partial charge is 0.477 e. The van der Waals surface area contributed by atoms with E-state index in [0.29, 0.717) is 23.9 Å². The van der Waals surface area contributed by atoms with Crippen molar-refractivity contribution in [3.05, 3.63) is 15.2 Å². The van der Waals surface area contributed by atoms with Gasteiger partial charge in [0, 0.05) is 11.5 Å². The van der Waals surface area contributed by atoms with E-state index in [2.05, 4.69) is 59.7 Å². The van der Waals surface area contributed by atoms with Crippen LogP contribution in [0, 0.1) is 20.3 Å². The van der Waals surface area contributed by atoms with Gasteiger partial charge in [0.1, 0.15) is 23.1 Å². The van der Waals surface area contributed by atoms with E-state index in [-0.39, 0.29) is 11.5 Å². The first-order valence-electron chi connectivity index (χ1n) is 9.10. The summed E-state index contributed by atoms with van der Waals surface area (Å²) < 4.78 is 11.9. The average molecular weight is 486 g/mol. The number of halogens is 1. The first-order valence-corrected chi connectivity index (χ1v) is 10.2. The maximum Gasteiger partial charge on any atom is 0.405 e. The summed E-state index contributed by atoms with van der Waals surface area (Å²) in [5.41, 5.74) is 5.00. The van der Waals surface area contributed by atoms with Gasteiger partial charge in [-0.3, -0.25) is 0 Å². The number of ether oxygens (including phenoxy) is 2. The normalized spacial score (nSPS) is 22.6. The van der Waals surface area contributed by atoms with Crippen LogP contribution in [0.5, 0.6) is 5.88 Å². The number of primary amides is 1. The molecule has 1 aliphatic rings. The van der Waals surface area contributed by atoms with Gasteiger partial charge in [0.2, 0.25) is 5.88 Å². The first kappa shape index (κ1) is 21.5. The summed E-state index contributed by atoms with van der Waals surface area (Å²) in [6, 6.07) is 4.09. The predicted octanol–water partition coefficient (Wildman–Crippen LogP) is 4.19. The fourth-order valence-corrected chi connectivity index (χ4v) is 4.11. The Kier molecular flexibility index (Phi) is 6.78. The molecule has 1 aromatic heterocycles. The van der Waals surface area contributed by atoms with E-state index in [0.717, 1.165) is 29.3 Å². The highest BCUT2D eigenvalue weighted by molar-refractivity contribution is 14.1. The van der Waals surface area contributed by atoms with E-state index >= 15 is 0 Å². The lowest BCUT2D eigenvalue weighted by Gasteiger charge is -2.47. The van der Waals surface area contributed by atoms with Crippen molar-refractivity contribution >= 4 is 34.5 Å². The second-order valence-corrected chi connectivity index (χ2v) is 8.96. The summed E-state index contributed by atoms with van der Waals surface area (Å²) in [5.74, 6) is 1.06. The van der Waals surface area contributed by atoms with Gasteiger partial charge in [-0.1, -0.05) is 20.8 Å². The molecule has 0 saturated heterocycles. The zero-order valence-corrected chi connectivity index (χ0v) is 18.4. The standard InChI is InChI=1S/C19H27IN4O3/c1-5-26-16-12(11-21)10-14(20)15(24-16)23-13-6-8-19(9-7-13,18(2,3)4)27-17(22)25/h10,13H,5-9H2,1-4H3,(H2,22,25)(H,23,24)/t13-,19-. The van der Waals surface area contributed by atoms with Crippen LogP contribution in [0.2, 0.25) is 0 Å². The molecule has 1 saturated carbocycles. The van der Waals surface area contributed by atoms with Crippen molar-refractivity contribution in [2.75, 3.05) is 11.9 Å². The van der Waals surface area contributed by atoms with Gasteiger partial charge in [-0.05, 0) is 61.3 Å². The molecular weight excluding hydrogens is 459 g/mol. The minimum absolute atomic E-state index is 0.195. The first-order chi connectivity index (χ1) is 12.6. The molecule has 0 aromatic carbocycles. The third-order valence-corrected chi connectivity index (χ3v) is 5.96. The third-order valence-electron chi connectivity index (χ3n) is 5.14. The Morgan fingerprint density at radius 3 is 2.59 bits per heavy atom. The Hall–Kier alpha value is -1.76. The molecule has 1 fully saturated rings. The van der Waals surface area contributed by atoms with E-state index in [1.54, 1.807) is 6.07 Å². The number of amides is 1. The lowest BCUT2D eigenvalue weighted by atomic mass is 9.67. The fraction of sp³-hybridized carbons (Fsp3) is 0.632. The molecule has 148 valence electrons. The number of rotatable bonds is 5. The van der Waals surface area contributed by atoms with Crippen LogP contribution in [0.4, 0.5) is 10.6 Å². The monoisotopic (exact) mass is 486 g/mol. The van der Waals surface area contributed by atoms with Crippen molar-refractivity contribution < 1.29 is 14.3 Å². The number of carbonyl (C=O) groups is 1. The summed E-state index contributed by atoms with van der Waals surface area (Å²) >= 11 is 2.17. The number of nitrogens with one attached hydrogen (secondary N) is 1. The molecule has 27 heavy (non-hydrogen) atoms. The minimum atomic E-state index is -0.721. The number of hydrogen-bond acceptors (Lipinski definition) is 6. The Labute approximate surface area is 174 Å². The van der Waals surface area contributed by atoms with E-state index < -0.39 is 11.7 Å². The molecule has 0 unspecified atom stereocenters. The number of pyridine rings is 1. The number of nitrogens with zero attached hydrogens (tertiary/aromatic N) is 2. The minimum Gasteiger partial charge on any atom is -0.477 e. The van der Waals surface area contributed by atoms with Crippen LogP contribution in [0.1, 0.15) is 58.9 Å². The molecule has 1 amide bonds. The van der Waals surface area contributed by atoms with Gasteiger partial charge < -0.3 is 20.5 Å². The summed E-state index contributed by atoms with van der Waals surface area (Å²) in [6.07, 6.45) is 2.38. The predicted molar refractivity (Wildman–Crippen MR) is 112 cm³/mol. The molecular formula is C19H27IN4O3. The van der Waals surface area contributed by atoms with Gasteiger partial charge in [0.25, 0.3) is 0 Å². The molecule has 7 nitrogen and oxygen atoms in total. The van der Waals surface area contributed by atoms with E-state index in [1.165, 1.54) is 0 Å². The highest BCUT2D eigenvalue weighted by atomic mass is 127. The van der Waals surface area contributed by atoms with Gasteiger partial charge in [-0.2, -0.15) is 10.2 Å². The SMILES string of the molecule is CCOc1nc(N[C@H]2CC[C@@](OC(N)=O)(C(C)(C)C)CC2)c(I)cc1C#N. The molecule has 1 aromatic rings. The lowest BCUT2D eigenvalue weighted by molar-refractivity contribution is -0.0905. The van der Waals surface area contributed by atoms with Gasteiger partial charge in [-0.25, -0.2) is 4.79 Å². The van der Waals surface area contributed by atoms with Crippen LogP contribution in [0.3, 0.4) is 0 Å². The average Bonchev–Trinajstić information content (AvgIpc) is 2.58. The van der Waals surface area contributed by atoms with Crippen LogP contribution in [-0.4, -0.2) is 29.3 Å². The Balaban J connectivity index is 2.14. The van der Waals surface area contributed by atoms with E-state index in [9.17, 15) is 10.1 Å². The Bertz CT molecular complexity index is 732. The maximum atomic E-state index is 11.4. The second kappa shape index (κ2) is 8.50. The van der Waals surface area contributed by atoms with Crippen LogP contribution in [0.25, 0.3) is 0 Å². The van der Waals surface area contributed by atoms with Crippen LogP contribution >= 0.6 is 22.6 Å². The highest BCUT2D eigenvalue weighted by Crippen LogP contribution is 2.45. The maximum absolute atomic E-state index is 11.4. The molecule has 0 atom stereocenters. The van der Waals surface area contributed by atoms with Crippen LogP contribution in [0.15, 0.2) is 6.07 Å². The van der Waals surface area contributed by atoms with Crippen molar-refractivity contribution in [1.29, 1.82) is 5.26 Å². The molecule has 3 N–H and O–H groups in total. The van der Waals surface area contributed by atoms with Crippen molar-refractivity contribution in [3.63, 3.8) is 0 Å². The number of nitrogens with two attached hydrogens (primary N) is 1. The number of nitriles is 1.